The number of aryl methyl sites for hydroxylation is 1. The van der Waals surface area contributed by atoms with Crippen LogP contribution in [0.1, 0.15) is 12.0 Å². The van der Waals surface area contributed by atoms with Crippen molar-refractivity contribution in [2.75, 3.05) is 23.8 Å². The van der Waals surface area contributed by atoms with Crippen molar-refractivity contribution < 1.29 is 0 Å². The fourth-order valence-electron chi connectivity index (χ4n) is 2.56. The van der Waals surface area contributed by atoms with Gasteiger partial charge in [0, 0.05) is 35.7 Å². The zero-order valence-corrected chi connectivity index (χ0v) is 11.7. The van der Waals surface area contributed by atoms with Crippen molar-refractivity contribution in [3.05, 3.63) is 53.1 Å². The molecule has 0 fully saturated rings. The first-order chi connectivity index (χ1) is 9.22. The predicted octanol–water partition coefficient (Wildman–Crippen LogP) is 4.47. The summed E-state index contributed by atoms with van der Waals surface area (Å²) in [6.45, 7) is 1.15. The highest BCUT2D eigenvalue weighted by atomic mass is 35.5. The van der Waals surface area contributed by atoms with Crippen LogP contribution in [-0.2, 0) is 6.42 Å². The maximum atomic E-state index is 5.89. The minimum atomic E-state index is 0.762. The Balaban J connectivity index is 1.84. The van der Waals surface area contributed by atoms with Gasteiger partial charge in [-0.3, -0.25) is 0 Å². The van der Waals surface area contributed by atoms with Crippen molar-refractivity contribution >= 4 is 28.7 Å². The smallest absolute Gasteiger partial charge is 0.0407 e. The van der Waals surface area contributed by atoms with Crippen LogP contribution in [0, 0.1) is 0 Å². The lowest BCUT2D eigenvalue weighted by Crippen LogP contribution is -2.24. The number of hydrogen-bond acceptors (Lipinski definition) is 2. The lowest BCUT2D eigenvalue weighted by Gasteiger charge is -2.27. The van der Waals surface area contributed by atoms with Crippen molar-refractivity contribution in [3.8, 4) is 0 Å². The molecule has 1 aliphatic heterocycles. The van der Waals surface area contributed by atoms with E-state index in [1.54, 1.807) is 0 Å². The van der Waals surface area contributed by atoms with Gasteiger partial charge in [-0.25, -0.2) is 0 Å². The number of halogens is 1. The van der Waals surface area contributed by atoms with Crippen LogP contribution < -0.4 is 10.2 Å². The Kier molecular flexibility index (Phi) is 3.34. The molecule has 3 heteroatoms. The third kappa shape index (κ3) is 2.69. The van der Waals surface area contributed by atoms with Crippen LogP contribution in [-0.4, -0.2) is 13.6 Å². The molecule has 1 N–H and O–H groups in total. The molecule has 0 atom stereocenters. The highest BCUT2D eigenvalue weighted by molar-refractivity contribution is 6.30. The first-order valence-corrected chi connectivity index (χ1v) is 6.97. The van der Waals surface area contributed by atoms with Crippen LogP contribution >= 0.6 is 11.6 Å². The average molecular weight is 273 g/mol. The molecule has 0 aromatic heterocycles. The summed E-state index contributed by atoms with van der Waals surface area (Å²) >= 11 is 5.89. The van der Waals surface area contributed by atoms with E-state index in [1.165, 1.54) is 17.7 Å². The molecule has 0 spiro atoms. The number of fused-ring (bicyclic) bond motifs is 1. The van der Waals surface area contributed by atoms with E-state index >= 15 is 0 Å². The van der Waals surface area contributed by atoms with E-state index in [1.807, 2.05) is 24.3 Å². The van der Waals surface area contributed by atoms with Crippen LogP contribution in [0.4, 0.5) is 17.1 Å². The van der Waals surface area contributed by atoms with Gasteiger partial charge >= 0.3 is 0 Å². The summed E-state index contributed by atoms with van der Waals surface area (Å²) in [5, 5.41) is 4.18. The fraction of sp³-hybridized carbons (Fsp3) is 0.250. The minimum absolute atomic E-state index is 0.762. The van der Waals surface area contributed by atoms with E-state index in [0.717, 1.165) is 29.4 Å². The number of hydrogen-bond donors (Lipinski definition) is 1. The highest BCUT2D eigenvalue weighted by Crippen LogP contribution is 2.29. The van der Waals surface area contributed by atoms with Gasteiger partial charge in [0.15, 0.2) is 0 Å². The minimum Gasteiger partial charge on any atom is -0.374 e. The number of benzene rings is 2. The summed E-state index contributed by atoms with van der Waals surface area (Å²) in [5.41, 5.74) is 4.98. The Morgan fingerprint density at radius 3 is 2.58 bits per heavy atom. The average Bonchev–Trinajstić information content (AvgIpc) is 2.42. The molecule has 0 saturated carbocycles. The largest absolute Gasteiger partial charge is 0.374 e. The second-order valence-corrected chi connectivity index (χ2v) is 5.44. The van der Waals surface area contributed by atoms with Gasteiger partial charge in [0.05, 0.1) is 0 Å². The second kappa shape index (κ2) is 5.14. The molecule has 0 bridgehead atoms. The normalized spacial score (nSPS) is 14.1. The molecular formula is C16H17ClN2. The Labute approximate surface area is 119 Å². The molecular weight excluding hydrogens is 256 g/mol. The van der Waals surface area contributed by atoms with Gasteiger partial charge in [-0.1, -0.05) is 11.6 Å². The van der Waals surface area contributed by atoms with E-state index in [4.69, 9.17) is 11.6 Å². The predicted molar refractivity (Wildman–Crippen MR) is 82.8 cm³/mol. The lowest BCUT2D eigenvalue weighted by molar-refractivity contribution is 0.745. The van der Waals surface area contributed by atoms with Gasteiger partial charge in [0.1, 0.15) is 0 Å². The SMILES string of the molecule is CN1CCCc2cc(Nc3ccc(Cl)cc3)ccc21. The molecule has 0 radical (unpaired) electrons. The molecule has 0 aliphatic carbocycles. The zero-order chi connectivity index (χ0) is 13.2. The number of rotatable bonds is 2. The zero-order valence-electron chi connectivity index (χ0n) is 11.0. The maximum Gasteiger partial charge on any atom is 0.0407 e. The molecule has 3 rings (SSSR count). The molecule has 19 heavy (non-hydrogen) atoms. The van der Waals surface area contributed by atoms with Gasteiger partial charge in [0.2, 0.25) is 0 Å². The summed E-state index contributed by atoms with van der Waals surface area (Å²) in [6, 6.07) is 14.4. The molecule has 2 nitrogen and oxygen atoms in total. The van der Waals surface area contributed by atoms with Gasteiger partial charge in [-0.15, -0.1) is 0 Å². The van der Waals surface area contributed by atoms with Crippen LogP contribution in [0.3, 0.4) is 0 Å². The topological polar surface area (TPSA) is 15.3 Å². The molecule has 1 aliphatic rings. The Morgan fingerprint density at radius 2 is 1.79 bits per heavy atom. The van der Waals surface area contributed by atoms with E-state index < -0.39 is 0 Å². The third-order valence-corrected chi connectivity index (χ3v) is 3.82. The highest BCUT2D eigenvalue weighted by Gasteiger charge is 2.13. The summed E-state index contributed by atoms with van der Waals surface area (Å²) in [7, 11) is 2.16. The summed E-state index contributed by atoms with van der Waals surface area (Å²) in [5.74, 6) is 0. The molecule has 98 valence electrons. The number of nitrogens with zero attached hydrogens (tertiary/aromatic N) is 1. The van der Waals surface area contributed by atoms with Crippen molar-refractivity contribution in [1.82, 2.24) is 0 Å². The number of nitrogens with one attached hydrogen (secondary N) is 1. The van der Waals surface area contributed by atoms with Crippen LogP contribution in [0.15, 0.2) is 42.5 Å². The quantitative estimate of drug-likeness (QED) is 0.868. The Morgan fingerprint density at radius 1 is 1.05 bits per heavy atom. The Bertz CT molecular complexity index is 578. The number of anilines is 3. The Hall–Kier alpha value is -1.67. The summed E-state index contributed by atoms with van der Waals surface area (Å²) < 4.78 is 0. The van der Waals surface area contributed by atoms with Crippen molar-refractivity contribution in [1.29, 1.82) is 0 Å². The first-order valence-electron chi connectivity index (χ1n) is 6.59. The lowest BCUT2D eigenvalue weighted by atomic mass is 10.0. The van der Waals surface area contributed by atoms with E-state index in [-0.39, 0.29) is 0 Å². The van der Waals surface area contributed by atoms with E-state index in [2.05, 4.69) is 35.5 Å². The molecule has 0 saturated heterocycles. The van der Waals surface area contributed by atoms with Gasteiger partial charge < -0.3 is 10.2 Å². The molecule has 2 aromatic carbocycles. The third-order valence-electron chi connectivity index (χ3n) is 3.56. The van der Waals surface area contributed by atoms with Gasteiger partial charge in [-0.05, 0) is 60.9 Å². The maximum absolute atomic E-state index is 5.89. The van der Waals surface area contributed by atoms with E-state index in [0.29, 0.717) is 0 Å². The second-order valence-electron chi connectivity index (χ2n) is 5.00. The molecule has 0 amide bonds. The van der Waals surface area contributed by atoms with Crippen molar-refractivity contribution in [3.63, 3.8) is 0 Å². The van der Waals surface area contributed by atoms with Crippen LogP contribution in [0.2, 0.25) is 5.02 Å². The molecule has 0 unspecified atom stereocenters. The van der Waals surface area contributed by atoms with Crippen molar-refractivity contribution in [2.45, 2.75) is 12.8 Å². The molecule has 2 aromatic rings. The monoisotopic (exact) mass is 272 g/mol. The summed E-state index contributed by atoms with van der Waals surface area (Å²) in [6.07, 6.45) is 2.39. The van der Waals surface area contributed by atoms with Crippen molar-refractivity contribution in [2.24, 2.45) is 0 Å². The van der Waals surface area contributed by atoms with Crippen LogP contribution in [0.5, 0.6) is 0 Å². The fourth-order valence-corrected chi connectivity index (χ4v) is 2.69. The van der Waals surface area contributed by atoms with Gasteiger partial charge in [-0.2, -0.15) is 0 Å². The summed E-state index contributed by atoms with van der Waals surface area (Å²) in [4.78, 5) is 2.32. The van der Waals surface area contributed by atoms with Crippen LogP contribution in [0.25, 0.3) is 0 Å². The first kappa shape index (κ1) is 12.4. The standard InChI is InChI=1S/C16H17ClN2/c1-19-10-2-3-12-11-15(8-9-16(12)19)18-14-6-4-13(17)5-7-14/h4-9,11,18H,2-3,10H2,1H3. The van der Waals surface area contributed by atoms with Gasteiger partial charge in [0.25, 0.3) is 0 Å². The molecule has 1 heterocycles. The van der Waals surface area contributed by atoms with E-state index in [9.17, 15) is 0 Å².